The van der Waals surface area contributed by atoms with Gasteiger partial charge in [0.1, 0.15) is 12.3 Å². The van der Waals surface area contributed by atoms with Gasteiger partial charge in [0.2, 0.25) is 0 Å². The second kappa shape index (κ2) is 9.54. The first-order chi connectivity index (χ1) is 13.4. The predicted octanol–water partition coefficient (Wildman–Crippen LogP) is 2.57. The number of methoxy groups -OCH3 is 2. The van der Waals surface area contributed by atoms with E-state index in [0.717, 1.165) is 37.1 Å². The van der Waals surface area contributed by atoms with Gasteiger partial charge in [0, 0.05) is 30.1 Å². The maximum Gasteiger partial charge on any atom is 0.354 e. The van der Waals surface area contributed by atoms with Crippen molar-refractivity contribution >= 4 is 17.6 Å². The van der Waals surface area contributed by atoms with Crippen molar-refractivity contribution in [2.24, 2.45) is 0 Å². The number of aromatic nitrogens is 2. The molecule has 28 heavy (non-hydrogen) atoms. The summed E-state index contributed by atoms with van der Waals surface area (Å²) in [6, 6.07) is 4.07. The molecule has 0 bridgehead atoms. The Morgan fingerprint density at radius 2 is 2.04 bits per heavy atom. The Balaban J connectivity index is 2.12. The van der Waals surface area contributed by atoms with Crippen LogP contribution in [0.1, 0.15) is 18.2 Å². The Morgan fingerprint density at radius 1 is 1.29 bits per heavy atom. The van der Waals surface area contributed by atoms with E-state index in [9.17, 15) is 14.0 Å². The number of hydrogen-bond donors (Lipinski definition) is 1. The van der Waals surface area contributed by atoms with Crippen molar-refractivity contribution in [3.8, 4) is 5.75 Å². The minimum atomic E-state index is -0.797. The molecule has 0 aliphatic rings. The largest absolute Gasteiger partial charge is 0.486 e. The number of esters is 2. The third kappa shape index (κ3) is 5.32. The van der Waals surface area contributed by atoms with Gasteiger partial charge in [-0.1, -0.05) is 0 Å². The predicted molar refractivity (Wildman–Crippen MR) is 99.1 cm³/mol. The molecule has 2 aromatic rings. The lowest BCUT2D eigenvalue weighted by Gasteiger charge is -2.11. The lowest BCUT2D eigenvalue weighted by Crippen LogP contribution is -2.15. The van der Waals surface area contributed by atoms with Gasteiger partial charge in [0.05, 0.1) is 26.0 Å². The van der Waals surface area contributed by atoms with Crippen LogP contribution in [0.15, 0.2) is 36.2 Å². The normalized spacial score (nSPS) is 11.1. The molecule has 0 saturated heterocycles. The monoisotopic (exact) mass is 391 g/mol. The lowest BCUT2D eigenvalue weighted by molar-refractivity contribution is -0.138. The molecule has 1 N–H and O–H groups in total. The molecular weight excluding hydrogens is 369 g/mol. The molecule has 150 valence electrons. The maximum absolute atomic E-state index is 14.4. The number of carbonyl (C=O) groups is 2. The highest BCUT2D eigenvalue weighted by Gasteiger charge is 2.14. The van der Waals surface area contributed by atoms with Crippen molar-refractivity contribution in [1.82, 2.24) is 9.78 Å². The number of nitrogens with one attached hydrogen (secondary N) is 1. The van der Waals surface area contributed by atoms with Crippen LogP contribution in [0.25, 0.3) is 0 Å². The van der Waals surface area contributed by atoms with Gasteiger partial charge < -0.3 is 19.5 Å². The third-order valence-corrected chi connectivity index (χ3v) is 3.83. The molecule has 0 amide bonds. The molecule has 1 aromatic carbocycles. The summed E-state index contributed by atoms with van der Waals surface area (Å²) in [7, 11) is 2.33. The van der Waals surface area contributed by atoms with E-state index in [2.05, 4.69) is 19.9 Å². The van der Waals surface area contributed by atoms with E-state index < -0.39 is 17.8 Å². The van der Waals surface area contributed by atoms with E-state index in [1.165, 1.54) is 19.2 Å². The van der Waals surface area contributed by atoms with Gasteiger partial charge in [0.15, 0.2) is 11.6 Å². The lowest BCUT2D eigenvalue weighted by atomic mass is 10.2. The molecule has 2 rings (SSSR count). The molecule has 0 aliphatic carbocycles. The van der Waals surface area contributed by atoms with E-state index >= 15 is 0 Å². The summed E-state index contributed by atoms with van der Waals surface area (Å²) >= 11 is 0. The molecule has 9 heteroatoms. The smallest absolute Gasteiger partial charge is 0.354 e. The first-order valence-electron chi connectivity index (χ1n) is 8.48. The average Bonchev–Trinajstić information content (AvgIpc) is 3.05. The van der Waals surface area contributed by atoms with Gasteiger partial charge in [-0.3, -0.25) is 4.68 Å². The summed E-state index contributed by atoms with van der Waals surface area (Å²) < 4.78 is 30.8. The number of aryl methyl sites for hydroxylation is 2. The van der Waals surface area contributed by atoms with Gasteiger partial charge in [-0.05, 0) is 26.0 Å². The SMILES string of the molecule is CCn1cc(COc2ccc(N/C(=C/C(=O)OC)C(=O)OC)cc2F)c(C)n1. The van der Waals surface area contributed by atoms with Crippen LogP contribution in [0, 0.1) is 12.7 Å². The standard InChI is InChI=1S/C19H22FN3O5/c1-5-23-10-13(12(2)22-23)11-28-17-7-6-14(8-15(17)20)21-16(19(25)27-4)9-18(24)26-3/h6-10,21H,5,11H2,1-4H3/b16-9+. The Kier molecular flexibility index (Phi) is 7.14. The average molecular weight is 391 g/mol. The van der Waals surface area contributed by atoms with Gasteiger partial charge in [-0.2, -0.15) is 5.10 Å². The van der Waals surface area contributed by atoms with Crippen molar-refractivity contribution in [2.45, 2.75) is 27.0 Å². The van der Waals surface area contributed by atoms with Crippen LogP contribution in [-0.4, -0.2) is 35.9 Å². The van der Waals surface area contributed by atoms with Crippen LogP contribution < -0.4 is 10.1 Å². The fraction of sp³-hybridized carbons (Fsp3) is 0.316. The fourth-order valence-corrected chi connectivity index (χ4v) is 2.30. The number of nitrogens with zero attached hydrogens (tertiary/aromatic N) is 2. The molecule has 0 unspecified atom stereocenters. The van der Waals surface area contributed by atoms with E-state index in [4.69, 9.17) is 4.74 Å². The van der Waals surface area contributed by atoms with Gasteiger partial charge >= 0.3 is 11.9 Å². The first kappa shape index (κ1) is 20.9. The summed E-state index contributed by atoms with van der Waals surface area (Å²) in [6.45, 7) is 4.73. The summed E-state index contributed by atoms with van der Waals surface area (Å²) in [5.74, 6) is -2.13. The zero-order chi connectivity index (χ0) is 20.7. The first-order valence-corrected chi connectivity index (χ1v) is 8.48. The minimum Gasteiger partial charge on any atom is -0.486 e. The van der Waals surface area contributed by atoms with Crippen molar-refractivity contribution in [1.29, 1.82) is 0 Å². The topological polar surface area (TPSA) is 91.7 Å². The summed E-state index contributed by atoms with van der Waals surface area (Å²) in [4.78, 5) is 23.1. The molecule has 0 fully saturated rings. The Hall–Kier alpha value is -3.36. The zero-order valence-electron chi connectivity index (χ0n) is 16.1. The van der Waals surface area contributed by atoms with E-state index in [1.54, 1.807) is 4.68 Å². The van der Waals surface area contributed by atoms with Crippen molar-refractivity contribution < 1.29 is 28.2 Å². The van der Waals surface area contributed by atoms with Gasteiger partial charge in [-0.15, -0.1) is 0 Å². The van der Waals surface area contributed by atoms with E-state index in [-0.39, 0.29) is 23.7 Å². The van der Waals surface area contributed by atoms with Gasteiger partial charge in [-0.25, -0.2) is 14.0 Å². The number of hydrogen-bond acceptors (Lipinski definition) is 7. The molecular formula is C19H22FN3O5. The fourth-order valence-electron chi connectivity index (χ4n) is 2.30. The highest BCUT2D eigenvalue weighted by Crippen LogP contribution is 2.23. The Bertz CT molecular complexity index is 892. The Labute approximate surface area is 161 Å². The summed E-state index contributed by atoms with van der Waals surface area (Å²) in [5.41, 5.74) is 1.72. The van der Waals surface area contributed by atoms with Crippen LogP contribution >= 0.6 is 0 Å². The van der Waals surface area contributed by atoms with Crippen LogP contribution in [0.3, 0.4) is 0 Å². The summed E-state index contributed by atoms with van der Waals surface area (Å²) in [5, 5.41) is 6.94. The second-order valence-corrected chi connectivity index (χ2v) is 5.73. The number of rotatable bonds is 8. The molecule has 0 saturated carbocycles. The van der Waals surface area contributed by atoms with Crippen LogP contribution in [-0.2, 0) is 32.2 Å². The maximum atomic E-state index is 14.4. The molecule has 0 radical (unpaired) electrons. The molecule has 1 heterocycles. The molecule has 8 nitrogen and oxygen atoms in total. The highest BCUT2D eigenvalue weighted by molar-refractivity contribution is 5.98. The second-order valence-electron chi connectivity index (χ2n) is 5.73. The molecule has 1 aromatic heterocycles. The van der Waals surface area contributed by atoms with Crippen LogP contribution in [0.5, 0.6) is 5.75 Å². The summed E-state index contributed by atoms with van der Waals surface area (Å²) in [6.07, 6.45) is 2.77. The van der Waals surface area contributed by atoms with Gasteiger partial charge in [0.25, 0.3) is 0 Å². The van der Waals surface area contributed by atoms with Crippen LogP contribution in [0.2, 0.25) is 0 Å². The molecule has 0 atom stereocenters. The molecule has 0 spiro atoms. The number of benzene rings is 1. The van der Waals surface area contributed by atoms with E-state index in [1.807, 2.05) is 20.0 Å². The number of anilines is 1. The Morgan fingerprint density at radius 3 is 2.61 bits per heavy atom. The van der Waals surface area contributed by atoms with Crippen LogP contribution in [0.4, 0.5) is 10.1 Å². The number of halogens is 1. The molecule has 0 aliphatic heterocycles. The van der Waals surface area contributed by atoms with Crippen molar-refractivity contribution in [2.75, 3.05) is 19.5 Å². The minimum absolute atomic E-state index is 0.0470. The number of ether oxygens (including phenoxy) is 3. The van der Waals surface area contributed by atoms with Crippen molar-refractivity contribution in [3.05, 3.63) is 53.2 Å². The number of carbonyl (C=O) groups excluding carboxylic acids is 2. The third-order valence-electron chi connectivity index (χ3n) is 3.83. The van der Waals surface area contributed by atoms with E-state index in [0.29, 0.717) is 0 Å². The quantitative estimate of drug-likeness (QED) is 0.546. The zero-order valence-corrected chi connectivity index (χ0v) is 16.1. The highest BCUT2D eigenvalue weighted by atomic mass is 19.1. The van der Waals surface area contributed by atoms with Crippen molar-refractivity contribution in [3.63, 3.8) is 0 Å².